The maximum Gasteiger partial charge on any atom is 0.257 e. The lowest BCUT2D eigenvalue weighted by molar-refractivity contribution is 0.0650. The van der Waals surface area contributed by atoms with Gasteiger partial charge in [-0.2, -0.15) is 5.10 Å². The second-order valence-electron chi connectivity index (χ2n) is 5.83. The molecule has 2 heterocycles. The molecule has 0 radical (unpaired) electrons. The van der Waals surface area contributed by atoms with E-state index in [-0.39, 0.29) is 12.5 Å². The van der Waals surface area contributed by atoms with E-state index >= 15 is 0 Å². The molecule has 0 spiro atoms. The van der Waals surface area contributed by atoms with Gasteiger partial charge in [-0.25, -0.2) is 4.68 Å². The number of carbonyl (C=O) groups is 1. The number of amides is 1. The molecule has 1 saturated heterocycles. The lowest BCUT2D eigenvalue weighted by Crippen LogP contribution is -2.39. The van der Waals surface area contributed by atoms with Gasteiger partial charge in [-0.1, -0.05) is 18.2 Å². The Morgan fingerprint density at radius 2 is 1.95 bits per heavy atom. The van der Waals surface area contributed by atoms with Crippen LogP contribution in [0.5, 0.6) is 0 Å². The molecule has 0 unspecified atom stereocenters. The number of para-hydroxylation sites is 1. The summed E-state index contributed by atoms with van der Waals surface area (Å²) in [5.41, 5.74) is 2.35. The van der Waals surface area contributed by atoms with Gasteiger partial charge >= 0.3 is 0 Å². The average molecular weight is 299 g/mol. The van der Waals surface area contributed by atoms with Gasteiger partial charge in [0.2, 0.25) is 0 Å². The number of carbonyl (C=O) groups excluding carboxylic acids is 1. The predicted octanol–water partition coefficient (Wildman–Crippen LogP) is 2.03. The molecule has 1 aliphatic heterocycles. The minimum Gasteiger partial charge on any atom is -0.396 e. The van der Waals surface area contributed by atoms with Crippen molar-refractivity contribution in [3.05, 3.63) is 47.8 Å². The summed E-state index contributed by atoms with van der Waals surface area (Å²) in [5, 5.41) is 13.6. The predicted molar refractivity (Wildman–Crippen MR) is 84.0 cm³/mol. The van der Waals surface area contributed by atoms with E-state index in [1.807, 2.05) is 48.4 Å². The zero-order valence-corrected chi connectivity index (χ0v) is 12.8. The summed E-state index contributed by atoms with van der Waals surface area (Å²) >= 11 is 0. The van der Waals surface area contributed by atoms with Crippen molar-refractivity contribution in [1.29, 1.82) is 0 Å². The molecule has 5 heteroatoms. The number of aliphatic hydroxyl groups excluding tert-OH is 1. The maximum absolute atomic E-state index is 12.7. The summed E-state index contributed by atoms with van der Waals surface area (Å²) < 4.78 is 1.75. The summed E-state index contributed by atoms with van der Waals surface area (Å²) in [5.74, 6) is 0.369. The van der Waals surface area contributed by atoms with Crippen LogP contribution in [0, 0.1) is 12.8 Å². The molecule has 5 nitrogen and oxygen atoms in total. The molecular formula is C17H21N3O2. The normalized spacial score (nSPS) is 16.0. The number of aryl methyl sites for hydroxylation is 1. The molecular weight excluding hydrogens is 278 g/mol. The van der Waals surface area contributed by atoms with Gasteiger partial charge in [-0.3, -0.25) is 4.79 Å². The largest absolute Gasteiger partial charge is 0.396 e. The van der Waals surface area contributed by atoms with Gasteiger partial charge in [0.25, 0.3) is 5.91 Å². The van der Waals surface area contributed by atoms with E-state index in [1.165, 1.54) is 0 Å². The van der Waals surface area contributed by atoms with E-state index in [0.29, 0.717) is 24.6 Å². The van der Waals surface area contributed by atoms with Crippen LogP contribution >= 0.6 is 0 Å². The van der Waals surface area contributed by atoms with Crippen LogP contribution in [-0.2, 0) is 0 Å². The Balaban J connectivity index is 1.78. The molecule has 1 aromatic carbocycles. The summed E-state index contributed by atoms with van der Waals surface area (Å²) in [4.78, 5) is 14.5. The van der Waals surface area contributed by atoms with Gasteiger partial charge in [0, 0.05) is 25.9 Å². The van der Waals surface area contributed by atoms with Gasteiger partial charge in [0.05, 0.1) is 16.9 Å². The highest BCUT2D eigenvalue weighted by molar-refractivity contribution is 5.95. The zero-order chi connectivity index (χ0) is 15.5. The first kappa shape index (κ1) is 14.8. The van der Waals surface area contributed by atoms with Crippen molar-refractivity contribution >= 4 is 5.91 Å². The molecule has 1 aliphatic rings. The van der Waals surface area contributed by atoms with Crippen LogP contribution in [0.1, 0.15) is 28.9 Å². The van der Waals surface area contributed by atoms with E-state index in [2.05, 4.69) is 5.10 Å². The number of piperidine rings is 1. The van der Waals surface area contributed by atoms with Gasteiger partial charge in [-0.15, -0.1) is 0 Å². The van der Waals surface area contributed by atoms with Crippen molar-refractivity contribution in [2.45, 2.75) is 19.8 Å². The standard InChI is InChI=1S/C17H21N3O2/c1-13-16(11-20(18-13)15-5-3-2-4-6-15)17(22)19-9-7-14(12-21)8-10-19/h2-6,11,14,21H,7-10,12H2,1H3. The third-order valence-corrected chi connectivity index (χ3v) is 4.31. The topological polar surface area (TPSA) is 58.4 Å². The van der Waals surface area contributed by atoms with Crippen molar-refractivity contribution in [2.24, 2.45) is 5.92 Å². The first-order chi connectivity index (χ1) is 10.7. The fraction of sp³-hybridized carbons (Fsp3) is 0.412. The van der Waals surface area contributed by atoms with E-state index < -0.39 is 0 Å². The minimum atomic E-state index is 0.0380. The maximum atomic E-state index is 12.7. The number of hydrogen-bond acceptors (Lipinski definition) is 3. The third kappa shape index (κ3) is 2.90. The molecule has 0 aliphatic carbocycles. The van der Waals surface area contributed by atoms with E-state index in [1.54, 1.807) is 4.68 Å². The number of nitrogens with zero attached hydrogens (tertiary/aromatic N) is 3. The Hall–Kier alpha value is -2.14. The summed E-state index contributed by atoms with van der Waals surface area (Å²) in [7, 11) is 0. The fourth-order valence-electron chi connectivity index (χ4n) is 2.87. The van der Waals surface area contributed by atoms with E-state index in [4.69, 9.17) is 0 Å². The van der Waals surface area contributed by atoms with Crippen LogP contribution in [0.4, 0.5) is 0 Å². The number of rotatable bonds is 3. The van der Waals surface area contributed by atoms with Crippen molar-refractivity contribution in [3.8, 4) is 5.69 Å². The number of benzene rings is 1. The van der Waals surface area contributed by atoms with Crippen molar-refractivity contribution < 1.29 is 9.90 Å². The van der Waals surface area contributed by atoms with Crippen LogP contribution in [0.15, 0.2) is 36.5 Å². The summed E-state index contributed by atoms with van der Waals surface area (Å²) in [6, 6.07) is 9.79. The van der Waals surface area contributed by atoms with Crippen LogP contribution in [0.3, 0.4) is 0 Å². The molecule has 0 saturated carbocycles. The lowest BCUT2D eigenvalue weighted by Gasteiger charge is -2.31. The summed E-state index contributed by atoms with van der Waals surface area (Å²) in [6.07, 6.45) is 3.55. The summed E-state index contributed by atoms with van der Waals surface area (Å²) in [6.45, 7) is 3.50. The Morgan fingerprint density at radius 1 is 1.27 bits per heavy atom. The minimum absolute atomic E-state index is 0.0380. The van der Waals surface area contributed by atoms with Crippen molar-refractivity contribution in [3.63, 3.8) is 0 Å². The Bertz CT molecular complexity index is 643. The van der Waals surface area contributed by atoms with Crippen LogP contribution in [0.25, 0.3) is 5.69 Å². The van der Waals surface area contributed by atoms with E-state index in [0.717, 1.165) is 24.2 Å². The smallest absolute Gasteiger partial charge is 0.257 e. The molecule has 1 amide bonds. The SMILES string of the molecule is Cc1nn(-c2ccccc2)cc1C(=O)N1CCC(CO)CC1. The molecule has 0 atom stereocenters. The average Bonchev–Trinajstić information content (AvgIpc) is 2.97. The first-order valence-electron chi connectivity index (χ1n) is 7.71. The van der Waals surface area contributed by atoms with Gasteiger partial charge in [0.15, 0.2) is 0 Å². The molecule has 116 valence electrons. The monoisotopic (exact) mass is 299 g/mol. The van der Waals surface area contributed by atoms with Crippen molar-refractivity contribution in [1.82, 2.24) is 14.7 Å². The first-order valence-corrected chi connectivity index (χ1v) is 7.71. The van der Waals surface area contributed by atoms with Gasteiger partial charge in [0.1, 0.15) is 0 Å². The van der Waals surface area contributed by atoms with Crippen LogP contribution in [-0.4, -0.2) is 45.4 Å². The van der Waals surface area contributed by atoms with Gasteiger partial charge in [-0.05, 0) is 37.8 Å². The number of hydrogen-bond donors (Lipinski definition) is 1. The molecule has 3 rings (SSSR count). The molecule has 22 heavy (non-hydrogen) atoms. The Kier molecular flexibility index (Phi) is 4.24. The third-order valence-electron chi connectivity index (χ3n) is 4.31. The highest BCUT2D eigenvalue weighted by atomic mass is 16.3. The molecule has 1 aromatic heterocycles. The molecule has 2 aromatic rings. The second-order valence-corrected chi connectivity index (χ2v) is 5.83. The second kappa shape index (κ2) is 6.32. The lowest BCUT2D eigenvalue weighted by atomic mass is 9.97. The molecule has 1 N–H and O–H groups in total. The van der Waals surface area contributed by atoms with E-state index in [9.17, 15) is 9.90 Å². The van der Waals surface area contributed by atoms with Crippen molar-refractivity contribution in [2.75, 3.05) is 19.7 Å². The number of likely N-dealkylation sites (tertiary alicyclic amines) is 1. The zero-order valence-electron chi connectivity index (χ0n) is 12.8. The highest BCUT2D eigenvalue weighted by Crippen LogP contribution is 2.20. The fourth-order valence-corrected chi connectivity index (χ4v) is 2.87. The molecule has 0 bridgehead atoms. The molecule has 1 fully saturated rings. The quantitative estimate of drug-likeness (QED) is 0.943. The number of aliphatic hydroxyl groups is 1. The van der Waals surface area contributed by atoms with Gasteiger partial charge < -0.3 is 10.0 Å². The number of aromatic nitrogens is 2. The van der Waals surface area contributed by atoms with Crippen LogP contribution in [0.2, 0.25) is 0 Å². The highest BCUT2D eigenvalue weighted by Gasteiger charge is 2.25. The van der Waals surface area contributed by atoms with Crippen LogP contribution < -0.4 is 0 Å². The Labute approximate surface area is 130 Å². The Morgan fingerprint density at radius 3 is 2.59 bits per heavy atom.